The van der Waals surface area contributed by atoms with Gasteiger partial charge in [0.2, 0.25) is 5.91 Å². The fraction of sp³-hybridized carbons (Fsp3) is 0.909. The first kappa shape index (κ1) is 31.7. The summed E-state index contributed by atoms with van der Waals surface area (Å²) >= 11 is 0. The summed E-state index contributed by atoms with van der Waals surface area (Å²) in [6, 6.07) is 0. The Morgan fingerprint density at radius 1 is 0.793 bits per heavy atom. The second kappa shape index (κ2) is 23.2. The third kappa shape index (κ3) is 18.9. The maximum Gasteiger partial charge on any atom is 1.00 e. The molecule has 0 aromatic rings. The standard InChI is InChI=1S/C22H43NO5.K/c1-2-3-4-5-6-7-8-9-10-11-12-13-14-20(19-21(26)27)22(28)23(15-17-24)16-18-25;/h20,24-25H,2-19H2,1H3,(H,26,27);/q;+1/p-1. The molecule has 0 aliphatic heterocycles. The van der Waals surface area contributed by atoms with Crippen LogP contribution in [0.4, 0.5) is 0 Å². The van der Waals surface area contributed by atoms with Crippen LogP contribution >= 0.6 is 0 Å². The first-order valence-electron chi connectivity index (χ1n) is 11.3. The zero-order chi connectivity index (χ0) is 21.0. The van der Waals surface area contributed by atoms with Crippen molar-refractivity contribution in [1.82, 2.24) is 4.90 Å². The summed E-state index contributed by atoms with van der Waals surface area (Å²) in [6.07, 6.45) is 14.8. The van der Waals surface area contributed by atoms with E-state index in [1.54, 1.807) is 0 Å². The minimum atomic E-state index is -1.23. The van der Waals surface area contributed by atoms with Crippen LogP contribution in [0.25, 0.3) is 0 Å². The molecule has 166 valence electrons. The van der Waals surface area contributed by atoms with E-state index in [4.69, 9.17) is 10.2 Å². The van der Waals surface area contributed by atoms with Crippen LogP contribution < -0.4 is 56.5 Å². The quantitative estimate of drug-likeness (QED) is 0.199. The Bertz CT molecular complexity index is 389. The van der Waals surface area contributed by atoms with E-state index in [-0.39, 0.29) is 90.0 Å². The van der Waals surface area contributed by atoms with Crippen molar-refractivity contribution in [3.05, 3.63) is 0 Å². The molecular weight excluding hydrogens is 397 g/mol. The van der Waals surface area contributed by atoms with Gasteiger partial charge in [0, 0.05) is 25.0 Å². The summed E-state index contributed by atoms with van der Waals surface area (Å²) in [5.74, 6) is -2.17. The smallest absolute Gasteiger partial charge is 0.550 e. The van der Waals surface area contributed by atoms with E-state index < -0.39 is 11.9 Å². The molecule has 0 spiro atoms. The fourth-order valence-electron chi connectivity index (χ4n) is 3.58. The van der Waals surface area contributed by atoms with Crippen LogP contribution in [0.3, 0.4) is 0 Å². The van der Waals surface area contributed by atoms with Gasteiger partial charge in [-0.05, 0) is 12.8 Å². The number of carbonyl (C=O) groups excluding carboxylic acids is 2. The summed E-state index contributed by atoms with van der Waals surface area (Å²) < 4.78 is 0. The molecule has 2 N–H and O–H groups in total. The Morgan fingerprint density at radius 2 is 1.21 bits per heavy atom. The number of unbranched alkanes of at least 4 members (excludes halogenated alkanes) is 11. The first-order chi connectivity index (χ1) is 13.6. The summed E-state index contributed by atoms with van der Waals surface area (Å²) in [7, 11) is 0. The van der Waals surface area contributed by atoms with Crippen molar-refractivity contribution in [2.45, 2.75) is 96.8 Å². The van der Waals surface area contributed by atoms with Crippen LogP contribution in [0.15, 0.2) is 0 Å². The topological polar surface area (TPSA) is 101 Å². The van der Waals surface area contributed by atoms with E-state index in [9.17, 15) is 14.7 Å². The van der Waals surface area contributed by atoms with E-state index in [0.29, 0.717) is 6.42 Å². The molecule has 0 rings (SSSR count). The van der Waals surface area contributed by atoms with Gasteiger partial charge < -0.3 is 25.0 Å². The summed E-state index contributed by atoms with van der Waals surface area (Å²) in [4.78, 5) is 24.8. The average molecular weight is 440 g/mol. The number of aliphatic hydroxyl groups is 2. The van der Waals surface area contributed by atoms with Gasteiger partial charge in [0.25, 0.3) is 0 Å². The van der Waals surface area contributed by atoms with Gasteiger partial charge in [-0.15, -0.1) is 0 Å². The third-order valence-electron chi connectivity index (χ3n) is 5.22. The number of carboxylic acids is 1. The van der Waals surface area contributed by atoms with Crippen molar-refractivity contribution in [3.63, 3.8) is 0 Å². The van der Waals surface area contributed by atoms with Crippen molar-refractivity contribution in [2.75, 3.05) is 26.3 Å². The number of rotatable bonds is 20. The molecule has 1 unspecified atom stereocenters. The predicted molar refractivity (Wildman–Crippen MR) is 110 cm³/mol. The van der Waals surface area contributed by atoms with E-state index in [0.717, 1.165) is 19.3 Å². The predicted octanol–water partition coefficient (Wildman–Crippen LogP) is -0.349. The second-order valence-electron chi connectivity index (χ2n) is 7.72. The summed E-state index contributed by atoms with van der Waals surface area (Å²) in [5.41, 5.74) is 0. The van der Waals surface area contributed by atoms with Gasteiger partial charge in [0.1, 0.15) is 0 Å². The van der Waals surface area contributed by atoms with E-state index in [2.05, 4.69) is 6.92 Å². The normalized spacial score (nSPS) is 11.7. The maximum absolute atomic E-state index is 12.5. The molecule has 0 aromatic heterocycles. The molecule has 0 saturated carbocycles. The first-order valence-corrected chi connectivity index (χ1v) is 11.3. The Kier molecular flexibility index (Phi) is 25.3. The molecule has 0 saturated heterocycles. The summed E-state index contributed by atoms with van der Waals surface area (Å²) in [6.45, 7) is 2.05. The number of nitrogens with zero attached hydrogens (tertiary/aromatic N) is 1. The van der Waals surface area contributed by atoms with Crippen molar-refractivity contribution >= 4 is 11.9 Å². The summed E-state index contributed by atoms with van der Waals surface area (Å²) in [5, 5.41) is 29.1. The van der Waals surface area contributed by atoms with Gasteiger partial charge in [-0.3, -0.25) is 4.79 Å². The van der Waals surface area contributed by atoms with Gasteiger partial charge in [-0.25, -0.2) is 0 Å². The number of hydrogen-bond donors (Lipinski definition) is 2. The third-order valence-corrected chi connectivity index (χ3v) is 5.22. The van der Waals surface area contributed by atoms with Crippen molar-refractivity contribution in [3.8, 4) is 0 Å². The molecule has 0 aromatic carbocycles. The minimum absolute atomic E-state index is 0. The molecule has 0 heterocycles. The zero-order valence-corrected chi connectivity index (χ0v) is 22.0. The number of carboxylic acid groups (broad SMARTS) is 1. The molecule has 1 amide bonds. The molecule has 0 radical (unpaired) electrons. The maximum atomic E-state index is 12.5. The second-order valence-corrected chi connectivity index (χ2v) is 7.72. The molecule has 1 atom stereocenters. The van der Waals surface area contributed by atoms with Gasteiger partial charge in [0.05, 0.1) is 13.2 Å². The fourth-order valence-corrected chi connectivity index (χ4v) is 3.58. The molecule has 0 bridgehead atoms. The van der Waals surface area contributed by atoms with Crippen molar-refractivity contribution in [2.24, 2.45) is 5.92 Å². The molecule has 7 heteroatoms. The molecular formula is C22H42KNO5. The number of aliphatic carboxylic acids is 1. The van der Waals surface area contributed by atoms with Gasteiger partial charge in [-0.1, -0.05) is 84.0 Å². The largest absolute Gasteiger partial charge is 1.00 e. The SMILES string of the molecule is CCCCCCCCCCCCCCC(CC(=O)[O-])C(=O)N(CCO)CCO.[K+]. The molecule has 0 fully saturated rings. The molecule has 0 aliphatic rings. The number of hydrogen-bond acceptors (Lipinski definition) is 5. The van der Waals surface area contributed by atoms with E-state index >= 15 is 0 Å². The van der Waals surface area contributed by atoms with Crippen molar-refractivity contribution in [1.29, 1.82) is 0 Å². The monoisotopic (exact) mass is 439 g/mol. The molecule has 29 heavy (non-hydrogen) atoms. The zero-order valence-electron chi connectivity index (χ0n) is 18.9. The Hall–Kier alpha value is 0.496. The van der Waals surface area contributed by atoms with Gasteiger partial charge >= 0.3 is 51.4 Å². The van der Waals surface area contributed by atoms with Crippen LogP contribution in [0.2, 0.25) is 0 Å². The van der Waals surface area contributed by atoms with E-state index in [1.807, 2.05) is 0 Å². The van der Waals surface area contributed by atoms with Gasteiger partial charge in [0.15, 0.2) is 0 Å². The Morgan fingerprint density at radius 3 is 1.59 bits per heavy atom. The average Bonchev–Trinajstić information content (AvgIpc) is 2.67. The van der Waals surface area contributed by atoms with E-state index in [1.165, 1.54) is 62.7 Å². The minimum Gasteiger partial charge on any atom is -0.550 e. The van der Waals surface area contributed by atoms with Crippen LogP contribution in [-0.2, 0) is 9.59 Å². The number of amides is 1. The van der Waals surface area contributed by atoms with Crippen LogP contribution in [0.1, 0.15) is 96.8 Å². The number of aliphatic hydroxyl groups excluding tert-OH is 2. The van der Waals surface area contributed by atoms with Crippen LogP contribution in [-0.4, -0.2) is 53.3 Å². The Labute approximate surface area is 220 Å². The van der Waals surface area contributed by atoms with Gasteiger partial charge in [-0.2, -0.15) is 0 Å². The van der Waals surface area contributed by atoms with Crippen LogP contribution in [0.5, 0.6) is 0 Å². The molecule has 0 aliphatic carbocycles. The number of carbonyl (C=O) groups is 2. The molecule has 6 nitrogen and oxygen atoms in total. The van der Waals surface area contributed by atoms with Crippen LogP contribution in [0, 0.1) is 5.92 Å². The van der Waals surface area contributed by atoms with Crippen molar-refractivity contribution < 1.29 is 76.3 Å². The Balaban J connectivity index is 0.